The van der Waals surface area contributed by atoms with E-state index in [0.29, 0.717) is 5.75 Å². The lowest BCUT2D eigenvalue weighted by molar-refractivity contribution is -0.149. The number of Topliss-reactive ketones (excluding diaryl/α,β-unsaturated/α-hetero) is 2. The third kappa shape index (κ3) is 1.94. The smallest absolute Gasteiger partial charge is 0.154 e. The van der Waals surface area contributed by atoms with Crippen LogP contribution in [0.4, 0.5) is 0 Å². The molecule has 3 rings (SSSR count). The summed E-state index contributed by atoms with van der Waals surface area (Å²) in [5.74, 6) is 5.27. The van der Waals surface area contributed by atoms with Crippen LogP contribution in [0.3, 0.4) is 0 Å². The van der Waals surface area contributed by atoms with E-state index >= 15 is 0 Å². The Morgan fingerprint density at radius 2 is 1.70 bits per heavy atom. The van der Waals surface area contributed by atoms with Crippen molar-refractivity contribution in [3.8, 4) is 5.75 Å². The molecule has 0 spiro atoms. The van der Waals surface area contributed by atoms with Crippen LogP contribution in [0.5, 0.6) is 5.75 Å². The van der Waals surface area contributed by atoms with Gasteiger partial charge in [0.05, 0.1) is 0 Å². The molecule has 0 heterocycles. The van der Waals surface area contributed by atoms with Gasteiger partial charge in [-0.25, -0.2) is 0 Å². The van der Waals surface area contributed by atoms with Crippen molar-refractivity contribution in [2.45, 2.75) is 53.4 Å². The largest absolute Gasteiger partial charge is 0.412 e. The number of aryl methyl sites for hydroxylation is 2. The number of hydrogen-bond donors (Lipinski definition) is 1. The van der Waals surface area contributed by atoms with Crippen LogP contribution in [-0.4, -0.2) is 11.6 Å². The van der Waals surface area contributed by atoms with Gasteiger partial charge in [0.2, 0.25) is 0 Å². The highest BCUT2D eigenvalue weighted by Gasteiger charge is 2.65. The molecule has 1 aromatic carbocycles. The lowest BCUT2D eigenvalue weighted by Gasteiger charge is -2.47. The minimum absolute atomic E-state index is 0.0422. The van der Waals surface area contributed by atoms with E-state index in [9.17, 15) is 9.59 Å². The van der Waals surface area contributed by atoms with Gasteiger partial charge < -0.3 is 4.84 Å². The second kappa shape index (κ2) is 4.91. The van der Waals surface area contributed by atoms with Gasteiger partial charge in [-0.3, -0.25) is 9.59 Å². The van der Waals surface area contributed by atoms with Gasteiger partial charge in [-0.05, 0) is 60.9 Å². The molecule has 2 bridgehead atoms. The van der Waals surface area contributed by atoms with Gasteiger partial charge in [0.1, 0.15) is 11.7 Å². The summed E-state index contributed by atoms with van der Waals surface area (Å²) in [4.78, 5) is 31.3. The van der Waals surface area contributed by atoms with Gasteiger partial charge in [-0.1, -0.05) is 20.8 Å². The number of carbonyl (C=O) groups excluding carboxylic acids is 2. The van der Waals surface area contributed by atoms with E-state index in [2.05, 4.69) is 13.8 Å². The molecule has 0 saturated heterocycles. The zero-order valence-electron chi connectivity index (χ0n) is 14.5. The lowest BCUT2D eigenvalue weighted by Crippen LogP contribution is -2.52. The molecule has 0 radical (unpaired) electrons. The Labute approximate surface area is 137 Å². The number of ketones is 2. The molecule has 23 heavy (non-hydrogen) atoms. The van der Waals surface area contributed by atoms with Crippen molar-refractivity contribution in [1.29, 1.82) is 0 Å². The number of carbonyl (C=O) groups is 2. The van der Waals surface area contributed by atoms with E-state index in [0.717, 1.165) is 29.5 Å². The highest BCUT2D eigenvalue weighted by Crippen LogP contribution is 2.63. The van der Waals surface area contributed by atoms with Gasteiger partial charge in [0, 0.05) is 11.3 Å². The lowest BCUT2D eigenvalue weighted by atomic mass is 9.54. The van der Waals surface area contributed by atoms with Crippen molar-refractivity contribution < 1.29 is 14.4 Å². The Balaban J connectivity index is 2.16. The van der Waals surface area contributed by atoms with Crippen molar-refractivity contribution in [3.63, 3.8) is 0 Å². The monoisotopic (exact) mass is 315 g/mol. The van der Waals surface area contributed by atoms with Gasteiger partial charge >= 0.3 is 0 Å². The maximum Gasteiger partial charge on any atom is 0.154 e. The number of hydrogen-bond acceptors (Lipinski definition) is 4. The molecule has 0 amide bonds. The second-order valence-electron chi connectivity index (χ2n) is 7.93. The summed E-state index contributed by atoms with van der Waals surface area (Å²) in [5, 5.41) is 0. The molecular formula is C19H25NO3. The topological polar surface area (TPSA) is 69.4 Å². The SMILES string of the molecule is Cc1cc(ON)cc(C)c1C1C(=O)C2CCC(C)(C1=O)C2(C)C. The molecule has 4 heteroatoms. The van der Waals surface area contributed by atoms with E-state index in [1.165, 1.54) is 0 Å². The summed E-state index contributed by atoms with van der Waals surface area (Å²) < 4.78 is 0. The fourth-order valence-corrected chi connectivity index (χ4v) is 4.82. The summed E-state index contributed by atoms with van der Waals surface area (Å²) >= 11 is 0. The molecule has 2 aliphatic rings. The molecule has 2 N–H and O–H groups in total. The molecule has 0 aromatic heterocycles. The van der Waals surface area contributed by atoms with E-state index in [1.54, 1.807) is 12.1 Å². The quantitative estimate of drug-likeness (QED) is 0.672. The number of rotatable bonds is 2. The molecule has 1 aromatic rings. The summed E-state index contributed by atoms with van der Waals surface area (Å²) in [5.41, 5.74) is 1.92. The predicted octanol–water partition coefficient (Wildman–Crippen LogP) is 3.23. The maximum absolute atomic E-state index is 13.3. The van der Waals surface area contributed by atoms with Crippen molar-refractivity contribution in [2.75, 3.05) is 0 Å². The van der Waals surface area contributed by atoms with E-state index < -0.39 is 11.3 Å². The Hall–Kier alpha value is -1.68. The normalized spacial score (nSPS) is 32.3. The Bertz CT molecular complexity index is 684. The van der Waals surface area contributed by atoms with Gasteiger partial charge in [-0.15, -0.1) is 0 Å². The van der Waals surface area contributed by atoms with Crippen LogP contribution in [0, 0.1) is 30.6 Å². The third-order valence-electron chi connectivity index (χ3n) is 6.65. The first-order valence-electron chi connectivity index (χ1n) is 8.21. The molecule has 2 fully saturated rings. The van der Waals surface area contributed by atoms with Crippen LogP contribution in [-0.2, 0) is 9.59 Å². The van der Waals surface area contributed by atoms with Gasteiger partial charge in [-0.2, -0.15) is 5.90 Å². The standard InChI is InChI=1S/C19H25NO3/c1-10-8-12(23-20)9-11(2)14(10)15-16(21)13-6-7-19(5,17(15)22)18(13,3)4/h8-9,13,15H,6-7,20H2,1-5H3. The van der Waals surface area contributed by atoms with E-state index in [4.69, 9.17) is 10.7 Å². The average Bonchev–Trinajstić information content (AvgIpc) is 2.66. The van der Waals surface area contributed by atoms with Crippen molar-refractivity contribution >= 4 is 11.6 Å². The Kier molecular flexibility index (Phi) is 3.45. The molecule has 3 unspecified atom stereocenters. The minimum Gasteiger partial charge on any atom is -0.412 e. The molecule has 3 atom stereocenters. The summed E-state index contributed by atoms with van der Waals surface area (Å²) in [6, 6.07) is 3.60. The number of benzene rings is 1. The first kappa shape index (κ1) is 16.2. The number of nitrogens with two attached hydrogens (primary N) is 1. The summed E-state index contributed by atoms with van der Waals surface area (Å²) in [6.45, 7) is 10.0. The molecule has 2 aliphatic carbocycles. The second-order valence-corrected chi connectivity index (χ2v) is 7.93. The first-order chi connectivity index (χ1) is 10.6. The Morgan fingerprint density at radius 3 is 2.22 bits per heavy atom. The van der Waals surface area contributed by atoms with Crippen molar-refractivity contribution in [2.24, 2.45) is 22.6 Å². The molecule has 2 saturated carbocycles. The van der Waals surface area contributed by atoms with Crippen LogP contribution in [0.15, 0.2) is 12.1 Å². The summed E-state index contributed by atoms with van der Waals surface area (Å²) in [7, 11) is 0. The molecule has 0 aliphatic heterocycles. The average molecular weight is 315 g/mol. The van der Waals surface area contributed by atoms with Crippen molar-refractivity contribution in [3.05, 3.63) is 28.8 Å². The molecular weight excluding hydrogens is 290 g/mol. The van der Waals surface area contributed by atoms with Gasteiger partial charge in [0.25, 0.3) is 0 Å². The third-order valence-corrected chi connectivity index (χ3v) is 6.65. The summed E-state index contributed by atoms with van der Waals surface area (Å²) in [6.07, 6.45) is 1.61. The fraction of sp³-hybridized carbons (Fsp3) is 0.579. The zero-order chi connectivity index (χ0) is 17.2. The maximum atomic E-state index is 13.3. The van der Waals surface area contributed by atoms with Gasteiger partial charge in [0.15, 0.2) is 11.6 Å². The number of fused-ring (bicyclic) bond motifs is 2. The molecule has 124 valence electrons. The van der Waals surface area contributed by atoms with Crippen LogP contribution >= 0.6 is 0 Å². The van der Waals surface area contributed by atoms with Crippen molar-refractivity contribution in [1.82, 2.24) is 0 Å². The minimum atomic E-state index is -0.646. The first-order valence-corrected chi connectivity index (χ1v) is 8.21. The van der Waals surface area contributed by atoms with Crippen LogP contribution in [0.1, 0.15) is 56.2 Å². The highest BCUT2D eigenvalue weighted by atomic mass is 16.6. The van der Waals surface area contributed by atoms with Crippen LogP contribution in [0.2, 0.25) is 0 Å². The van der Waals surface area contributed by atoms with E-state index in [-0.39, 0.29) is 22.9 Å². The van der Waals surface area contributed by atoms with Crippen LogP contribution in [0.25, 0.3) is 0 Å². The predicted molar refractivity (Wildman–Crippen MR) is 88.1 cm³/mol. The fourth-order valence-electron chi connectivity index (χ4n) is 4.82. The van der Waals surface area contributed by atoms with E-state index in [1.807, 2.05) is 20.8 Å². The Morgan fingerprint density at radius 1 is 1.13 bits per heavy atom. The van der Waals surface area contributed by atoms with Crippen LogP contribution < -0.4 is 10.7 Å². The zero-order valence-corrected chi connectivity index (χ0v) is 14.5. The molecule has 4 nitrogen and oxygen atoms in total. The highest BCUT2D eigenvalue weighted by molar-refractivity contribution is 6.14.